The van der Waals surface area contributed by atoms with Crippen LogP contribution in [0.2, 0.25) is 0 Å². The second-order valence-electron chi connectivity index (χ2n) is 5.60. The van der Waals surface area contributed by atoms with Crippen LogP contribution < -0.4 is 11.1 Å². The Kier molecular flexibility index (Phi) is 3.32. The fourth-order valence-electron chi connectivity index (χ4n) is 3.31. The standard InChI is InChI=1S/C17H20N2O/c1-19-15-10-5-11-17(18,16(15)20)14-9-4-7-12-6-2-3-8-13(12)14/h2-4,6-9,15,19H,5,10-11,18H2,1H3. The number of fused-ring (bicyclic) bond motifs is 1. The van der Waals surface area contributed by atoms with E-state index >= 15 is 0 Å². The van der Waals surface area contributed by atoms with Gasteiger partial charge in [0.2, 0.25) is 0 Å². The number of nitrogens with two attached hydrogens (primary N) is 1. The molecule has 0 saturated heterocycles. The summed E-state index contributed by atoms with van der Waals surface area (Å²) in [7, 11) is 1.83. The van der Waals surface area contributed by atoms with Crippen LogP contribution in [0.15, 0.2) is 42.5 Å². The Hall–Kier alpha value is -1.71. The number of Topliss-reactive ketones (excluding diaryl/α,β-unsaturated/α-hetero) is 1. The van der Waals surface area contributed by atoms with Gasteiger partial charge in [-0.3, -0.25) is 4.79 Å². The molecule has 1 aliphatic rings. The van der Waals surface area contributed by atoms with E-state index < -0.39 is 5.54 Å². The van der Waals surface area contributed by atoms with Crippen LogP contribution >= 0.6 is 0 Å². The van der Waals surface area contributed by atoms with Crippen LogP contribution in [0.25, 0.3) is 10.8 Å². The molecule has 2 aromatic carbocycles. The third kappa shape index (κ3) is 1.94. The number of carbonyl (C=O) groups excluding carboxylic acids is 1. The number of ketones is 1. The van der Waals surface area contributed by atoms with E-state index in [4.69, 9.17) is 5.73 Å². The number of rotatable bonds is 2. The zero-order chi connectivity index (χ0) is 14.2. The molecule has 0 heterocycles. The summed E-state index contributed by atoms with van der Waals surface area (Å²) in [5.74, 6) is 0.114. The molecule has 3 nitrogen and oxygen atoms in total. The maximum atomic E-state index is 12.7. The molecule has 2 aromatic rings. The topological polar surface area (TPSA) is 55.1 Å². The van der Waals surface area contributed by atoms with Gasteiger partial charge in [0.15, 0.2) is 5.78 Å². The molecule has 3 rings (SSSR count). The van der Waals surface area contributed by atoms with Crippen LogP contribution in [0.4, 0.5) is 0 Å². The van der Waals surface area contributed by atoms with E-state index in [-0.39, 0.29) is 11.8 Å². The van der Waals surface area contributed by atoms with Crippen molar-refractivity contribution in [1.82, 2.24) is 5.32 Å². The molecular weight excluding hydrogens is 248 g/mol. The van der Waals surface area contributed by atoms with Gasteiger partial charge in [0.25, 0.3) is 0 Å². The fourth-order valence-corrected chi connectivity index (χ4v) is 3.31. The quantitative estimate of drug-likeness (QED) is 0.879. The van der Waals surface area contributed by atoms with Crippen molar-refractivity contribution in [3.8, 4) is 0 Å². The molecule has 3 N–H and O–H groups in total. The molecule has 2 atom stereocenters. The van der Waals surface area contributed by atoms with E-state index in [1.807, 2.05) is 31.3 Å². The first-order valence-corrected chi connectivity index (χ1v) is 7.15. The van der Waals surface area contributed by atoms with Gasteiger partial charge in [-0.1, -0.05) is 42.5 Å². The Morgan fingerprint density at radius 1 is 1.20 bits per heavy atom. The highest BCUT2D eigenvalue weighted by Crippen LogP contribution is 2.36. The van der Waals surface area contributed by atoms with Gasteiger partial charge in [0, 0.05) is 0 Å². The minimum atomic E-state index is -0.868. The smallest absolute Gasteiger partial charge is 0.173 e. The van der Waals surface area contributed by atoms with Crippen LogP contribution in [-0.2, 0) is 10.3 Å². The van der Waals surface area contributed by atoms with Gasteiger partial charge in [-0.05, 0) is 42.6 Å². The van der Waals surface area contributed by atoms with Crippen LogP contribution in [-0.4, -0.2) is 18.9 Å². The first kappa shape index (κ1) is 13.3. The Morgan fingerprint density at radius 2 is 1.95 bits per heavy atom. The number of nitrogens with one attached hydrogen (secondary N) is 1. The van der Waals surface area contributed by atoms with Gasteiger partial charge in [0.1, 0.15) is 5.54 Å². The first-order valence-electron chi connectivity index (χ1n) is 7.15. The predicted molar refractivity (Wildman–Crippen MR) is 81.5 cm³/mol. The molecule has 104 valence electrons. The largest absolute Gasteiger partial charge is 0.315 e. The Morgan fingerprint density at radius 3 is 2.75 bits per heavy atom. The van der Waals surface area contributed by atoms with Gasteiger partial charge >= 0.3 is 0 Å². The van der Waals surface area contributed by atoms with E-state index in [2.05, 4.69) is 23.5 Å². The number of hydrogen-bond acceptors (Lipinski definition) is 3. The lowest BCUT2D eigenvalue weighted by Gasteiger charge is -2.37. The summed E-state index contributed by atoms with van der Waals surface area (Å²) < 4.78 is 0. The normalized spacial score (nSPS) is 26.9. The van der Waals surface area contributed by atoms with Crippen molar-refractivity contribution < 1.29 is 4.79 Å². The van der Waals surface area contributed by atoms with Crippen molar-refractivity contribution in [2.45, 2.75) is 30.8 Å². The zero-order valence-electron chi connectivity index (χ0n) is 11.7. The third-order valence-corrected chi connectivity index (χ3v) is 4.44. The van der Waals surface area contributed by atoms with E-state index in [0.717, 1.165) is 35.6 Å². The van der Waals surface area contributed by atoms with Crippen molar-refractivity contribution >= 4 is 16.6 Å². The number of benzene rings is 2. The average molecular weight is 268 g/mol. The highest BCUT2D eigenvalue weighted by Gasteiger charge is 2.43. The van der Waals surface area contributed by atoms with E-state index in [1.54, 1.807) is 0 Å². The lowest BCUT2D eigenvalue weighted by molar-refractivity contribution is -0.128. The molecular formula is C17H20N2O. The van der Waals surface area contributed by atoms with Crippen molar-refractivity contribution in [1.29, 1.82) is 0 Å². The molecule has 2 unspecified atom stereocenters. The van der Waals surface area contributed by atoms with Crippen LogP contribution in [0.1, 0.15) is 24.8 Å². The van der Waals surface area contributed by atoms with Crippen LogP contribution in [0.3, 0.4) is 0 Å². The lowest BCUT2D eigenvalue weighted by Crippen LogP contribution is -2.56. The Balaban J connectivity index is 2.16. The molecule has 1 fully saturated rings. The predicted octanol–water partition coefficient (Wildman–Crippen LogP) is 2.33. The van der Waals surface area contributed by atoms with Crippen molar-refractivity contribution in [2.75, 3.05) is 7.05 Å². The summed E-state index contributed by atoms with van der Waals surface area (Å²) in [6, 6.07) is 14.0. The first-order chi connectivity index (χ1) is 9.66. The van der Waals surface area contributed by atoms with Crippen LogP contribution in [0.5, 0.6) is 0 Å². The average Bonchev–Trinajstić information content (AvgIpc) is 2.49. The minimum Gasteiger partial charge on any atom is -0.315 e. The third-order valence-electron chi connectivity index (χ3n) is 4.44. The van der Waals surface area contributed by atoms with E-state index in [0.29, 0.717) is 0 Å². The van der Waals surface area contributed by atoms with Gasteiger partial charge in [-0.2, -0.15) is 0 Å². The van der Waals surface area contributed by atoms with Crippen molar-refractivity contribution in [3.05, 3.63) is 48.0 Å². The molecule has 20 heavy (non-hydrogen) atoms. The van der Waals surface area contributed by atoms with Gasteiger partial charge < -0.3 is 11.1 Å². The molecule has 1 aliphatic carbocycles. The zero-order valence-corrected chi connectivity index (χ0v) is 11.7. The molecule has 1 saturated carbocycles. The number of carbonyl (C=O) groups is 1. The molecule has 0 radical (unpaired) electrons. The monoisotopic (exact) mass is 268 g/mol. The molecule has 0 aliphatic heterocycles. The minimum absolute atomic E-state index is 0.114. The highest BCUT2D eigenvalue weighted by atomic mass is 16.1. The summed E-state index contributed by atoms with van der Waals surface area (Å²) >= 11 is 0. The maximum Gasteiger partial charge on any atom is 0.173 e. The molecule has 0 amide bonds. The fraction of sp³-hybridized carbons (Fsp3) is 0.353. The van der Waals surface area contributed by atoms with Crippen molar-refractivity contribution in [2.24, 2.45) is 5.73 Å². The molecule has 0 spiro atoms. The lowest BCUT2D eigenvalue weighted by atomic mass is 9.73. The van der Waals surface area contributed by atoms with Gasteiger partial charge in [-0.25, -0.2) is 0 Å². The molecule has 0 bridgehead atoms. The summed E-state index contributed by atoms with van der Waals surface area (Å²) in [5.41, 5.74) is 6.66. The highest BCUT2D eigenvalue weighted by molar-refractivity contribution is 5.99. The van der Waals surface area contributed by atoms with Crippen LogP contribution in [0, 0.1) is 0 Å². The summed E-state index contributed by atoms with van der Waals surface area (Å²) in [5, 5.41) is 5.32. The molecule has 0 aromatic heterocycles. The van der Waals surface area contributed by atoms with E-state index in [1.165, 1.54) is 0 Å². The van der Waals surface area contributed by atoms with Gasteiger partial charge in [-0.15, -0.1) is 0 Å². The number of hydrogen-bond donors (Lipinski definition) is 2. The second kappa shape index (κ2) is 5.00. The summed E-state index contributed by atoms with van der Waals surface area (Å²) in [6.45, 7) is 0. The Labute approximate surface area is 119 Å². The van der Waals surface area contributed by atoms with Gasteiger partial charge in [0.05, 0.1) is 6.04 Å². The summed E-state index contributed by atoms with van der Waals surface area (Å²) in [6.07, 6.45) is 2.56. The number of likely N-dealkylation sites (N-methyl/N-ethyl adjacent to an activating group) is 1. The second-order valence-corrected chi connectivity index (χ2v) is 5.60. The maximum absolute atomic E-state index is 12.7. The molecule has 3 heteroatoms. The van der Waals surface area contributed by atoms with E-state index in [9.17, 15) is 4.79 Å². The SMILES string of the molecule is CNC1CCCC(N)(c2cccc3ccccc23)C1=O. The summed E-state index contributed by atoms with van der Waals surface area (Å²) in [4.78, 5) is 12.7. The Bertz CT molecular complexity index is 647. The van der Waals surface area contributed by atoms with Crippen molar-refractivity contribution in [3.63, 3.8) is 0 Å².